The summed E-state index contributed by atoms with van der Waals surface area (Å²) in [5.41, 5.74) is 3.75. The Hall–Kier alpha value is -1.00. The lowest BCUT2D eigenvalue weighted by molar-refractivity contribution is 0.134. The van der Waals surface area contributed by atoms with Crippen LogP contribution in [0, 0.1) is 0 Å². The molecule has 2 aliphatic rings. The molecular weight excluding hydrogens is 314 g/mol. The van der Waals surface area contributed by atoms with Crippen molar-refractivity contribution < 1.29 is 5.11 Å². The number of hydrogen-bond acceptors (Lipinski definition) is 3. The highest BCUT2D eigenvalue weighted by atomic mass is 35.5. The van der Waals surface area contributed by atoms with Crippen molar-refractivity contribution >= 4 is 23.4 Å². The highest BCUT2D eigenvalue weighted by Crippen LogP contribution is 2.42. The second-order valence-electron chi connectivity index (χ2n) is 5.96. The van der Waals surface area contributed by atoms with E-state index in [9.17, 15) is 5.11 Å². The quantitative estimate of drug-likeness (QED) is 0.868. The predicted molar refractivity (Wildman–Crippen MR) is 91.6 cm³/mol. The number of aliphatic hydroxyl groups excluding tert-OH is 1. The molecule has 0 bridgehead atoms. The first-order valence-electron chi connectivity index (χ1n) is 7.67. The number of fused-ring (bicyclic) bond motifs is 2. The van der Waals surface area contributed by atoms with Crippen molar-refractivity contribution in [1.29, 1.82) is 0 Å². The number of nitrogens with one attached hydrogen (secondary N) is 1. The lowest BCUT2D eigenvalue weighted by Crippen LogP contribution is -2.33. The van der Waals surface area contributed by atoms with Crippen molar-refractivity contribution in [3.8, 4) is 0 Å². The van der Waals surface area contributed by atoms with Gasteiger partial charge in [-0.25, -0.2) is 0 Å². The summed E-state index contributed by atoms with van der Waals surface area (Å²) in [6.45, 7) is 0. The van der Waals surface area contributed by atoms with E-state index in [4.69, 9.17) is 11.6 Å². The molecule has 0 spiro atoms. The number of thioether (sulfide) groups is 1. The molecule has 4 heteroatoms. The molecule has 2 nitrogen and oxygen atoms in total. The molecule has 0 fully saturated rings. The van der Waals surface area contributed by atoms with Crippen LogP contribution >= 0.6 is 23.4 Å². The van der Waals surface area contributed by atoms with Crippen LogP contribution in [0.5, 0.6) is 0 Å². The molecule has 0 saturated heterocycles. The summed E-state index contributed by atoms with van der Waals surface area (Å²) in [6.07, 6.45) is 1.44. The van der Waals surface area contributed by atoms with Crippen molar-refractivity contribution in [1.82, 2.24) is 5.32 Å². The Labute approximate surface area is 139 Å². The van der Waals surface area contributed by atoms with Gasteiger partial charge in [0.1, 0.15) is 0 Å². The minimum Gasteiger partial charge on any atom is -0.391 e. The van der Waals surface area contributed by atoms with Crippen LogP contribution in [0.4, 0.5) is 0 Å². The number of halogens is 1. The topological polar surface area (TPSA) is 32.3 Å². The molecule has 0 radical (unpaired) electrons. The maximum Gasteiger partial charge on any atom is 0.0775 e. The maximum atomic E-state index is 10.4. The zero-order valence-corrected chi connectivity index (χ0v) is 13.7. The molecule has 2 N–H and O–H groups in total. The third kappa shape index (κ3) is 2.46. The van der Waals surface area contributed by atoms with Crippen LogP contribution in [0.2, 0.25) is 5.02 Å². The molecule has 3 atom stereocenters. The minimum atomic E-state index is -0.352. The van der Waals surface area contributed by atoms with E-state index >= 15 is 0 Å². The predicted octanol–water partition coefficient (Wildman–Crippen LogP) is 4.12. The molecule has 1 aliphatic heterocycles. The molecule has 0 amide bonds. The van der Waals surface area contributed by atoms with E-state index < -0.39 is 0 Å². The largest absolute Gasteiger partial charge is 0.391 e. The zero-order valence-electron chi connectivity index (χ0n) is 12.1. The van der Waals surface area contributed by atoms with Crippen LogP contribution < -0.4 is 5.32 Å². The van der Waals surface area contributed by atoms with E-state index in [0.29, 0.717) is 0 Å². The third-order valence-electron chi connectivity index (χ3n) is 4.61. The fourth-order valence-electron chi connectivity index (χ4n) is 3.55. The lowest BCUT2D eigenvalue weighted by atomic mass is 10.00. The van der Waals surface area contributed by atoms with Gasteiger partial charge in [-0.1, -0.05) is 48.0 Å². The average Bonchev–Trinajstić information content (AvgIpc) is 2.84. The van der Waals surface area contributed by atoms with Crippen molar-refractivity contribution in [3.63, 3.8) is 0 Å². The number of rotatable bonds is 2. The molecule has 22 heavy (non-hydrogen) atoms. The molecule has 3 unspecified atom stereocenters. The van der Waals surface area contributed by atoms with Crippen LogP contribution in [0.1, 0.15) is 35.2 Å². The summed E-state index contributed by atoms with van der Waals surface area (Å²) in [5, 5.41) is 15.0. The van der Waals surface area contributed by atoms with Crippen LogP contribution in [0.25, 0.3) is 0 Å². The SMILES string of the molecule is OC1Cc2ccccc2C1NC1CCSc2c(Cl)cccc21. The summed E-state index contributed by atoms with van der Waals surface area (Å²) < 4.78 is 0. The molecule has 0 saturated carbocycles. The van der Waals surface area contributed by atoms with Gasteiger partial charge in [0, 0.05) is 17.4 Å². The van der Waals surface area contributed by atoms with Gasteiger partial charge in [-0.05, 0) is 34.9 Å². The Balaban J connectivity index is 1.65. The molecule has 2 aromatic carbocycles. The van der Waals surface area contributed by atoms with Gasteiger partial charge < -0.3 is 10.4 Å². The van der Waals surface area contributed by atoms with Crippen molar-refractivity contribution in [3.05, 3.63) is 64.2 Å². The molecular formula is C18H18ClNOS. The highest BCUT2D eigenvalue weighted by molar-refractivity contribution is 7.99. The van der Waals surface area contributed by atoms with Gasteiger partial charge in [-0.15, -0.1) is 11.8 Å². The van der Waals surface area contributed by atoms with Crippen LogP contribution in [-0.4, -0.2) is 17.0 Å². The fourth-order valence-corrected chi connectivity index (χ4v) is 5.04. The molecule has 114 valence electrons. The average molecular weight is 332 g/mol. The molecule has 2 aromatic rings. The summed E-state index contributed by atoms with van der Waals surface area (Å²) in [5.74, 6) is 1.05. The second kappa shape index (κ2) is 5.89. The number of benzene rings is 2. The number of aliphatic hydroxyl groups is 1. The van der Waals surface area contributed by atoms with E-state index in [1.165, 1.54) is 21.6 Å². The van der Waals surface area contributed by atoms with Gasteiger partial charge in [-0.2, -0.15) is 0 Å². The van der Waals surface area contributed by atoms with Gasteiger partial charge in [0.2, 0.25) is 0 Å². The summed E-state index contributed by atoms with van der Waals surface area (Å²) in [7, 11) is 0. The van der Waals surface area contributed by atoms with Gasteiger partial charge in [0.05, 0.1) is 17.2 Å². The smallest absolute Gasteiger partial charge is 0.0775 e. The second-order valence-corrected chi connectivity index (χ2v) is 7.47. The molecule has 1 heterocycles. The van der Waals surface area contributed by atoms with Gasteiger partial charge in [0.15, 0.2) is 0 Å². The molecule has 1 aliphatic carbocycles. The van der Waals surface area contributed by atoms with E-state index in [0.717, 1.165) is 23.6 Å². The first-order chi connectivity index (χ1) is 10.7. The third-order valence-corrected chi connectivity index (χ3v) is 6.22. The Bertz CT molecular complexity index is 705. The Morgan fingerprint density at radius 1 is 1.09 bits per heavy atom. The first-order valence-corrected chi connectivity index (χ1v) is 9.03. The Morgan fingerprint density at radius 3 is 2.82 bits per heavy atom. The van der Waals surface area contributed by atoms with Crippen LogP contribution in [0.3, 0.4) is 0 Å². The monoisotopic (exact) mass is 331 g/mol. The summed E-state index contributed by atoms with van der Waals surface area (Å²) in [4.78, 5) is 1.19. The molecule has 0 aromatic heterocycles. The van der Waals surface area contributed by atoms with Crippen LogP contribution in [-0.2, 0) is 6.42 Å². The highest BCUT2D eigenvalue weighted by Gasteiger charge is 2.34. The van der Waals surface area contributed by atoms with E-state index in [1.54, 1.807) is 0 Å². The maximum absolute atomic E-state index is 10.4. The van der Waals surface area contributed by atoms with Crippen LogP contribution in [0.15, 0.2) is 47.4 Å². The minimum absolute atomic E-state index is 0.0103. The normalized spacial score (nSPS) is 26.5. The van der Waals surface area contributed by atoms with Gasteiger partial charge >= 0.3 is 0 Å². The van der Waals surface area contributed by atoms with E-state index in [1.807, 2.05) is 36.0 Å². The van der Waals surface area contributed by atoms with Gasteiger partial charge in [-0.3, -0.25) is 0 Å². The standard InChI is InChI=1S/C18H18ClNOS/c19-14-7-3-6-13-15(8-9-22-18(13)14)20-17-12-5-2-1-4-11(12)10-16(17)21/h1-7,15-17,20-21H,8-10H2. The van der Waals surface area contributed by atoms with Crippen molar-refractivity contribution in [2.45, 2.75) is 35.9 Å². The van der Waals surface area contributed by atoms with Crippen molar-refractivity contribution in [2.24, 2.45) is 0 Å². The Morgan fingerprint density at radius 2 is 1.91 bits per heavy atom. The Kier molecular flexibility index (Phi) is 3.91. The first kappa shape index (κ1) is 14.6. The lowest BCUT2D eigenvalue weighted by Gasteiger charge is -2.30. The summed E-state index contributed by atoms with van der Waals surface area (Å²) in [6, 6.07) is 14.7. The fraction of sp³-hybridized carbons (Fsp3) is 0.333. The molecule has 4 rings (SSSR count). The number of hydrogen-bond donors (Lipinski definition) is 2. The van der Waals surface area contributed by atoms with E-state index in [2.05, 4.69) is 23.5 Å². The van der Waals surface area contributed by atoms with Crippen molar-refractivity contribution in [2.75, 3.05) is 5.75 Å². The van der Waals surface area contributed by atoms with Gasteiger partial charge in [0.25, 0.3) is 0 Å². The summed E-state index contributed by atoms with van der Waals surface area (Å²) >= 11 is 8.16. The van der Waals surface area contributed by atoms with E-state index in [-0.39, 0.29) is 18.2 Å². The zero-order chi connectivity index (χ0) is 15.1.